The Bertz CT molecular complexity index is 613. The summed E-state index contributed by atoms with van der Waals surface area (Å²) in [6.07, 6.45) is 0.415. The summed E-state index contributed by atoms with van der Waals surface area (Å²) in [5.41, 5.74) is 2.08. The Morgan fingerprint density at radius 2 is 1.90 bits per heavy atom. The Kier molecular flexibility index (Phi) is 4.68. The Balaban J connectivity index is 2.08. The summed E-state index contributed by atoms with van der Waals surface area (Å²) >= 11 is 3.49. The molecule has 0 saturated heterocycles. The first-order valence-electron chi connectivity index (χ1n) is 6.25. The van der Waals surface area contributed by atoms with E-state index in [1.807, 2.05) is 25.1 Å². The van der Waals surface area contributed by atoms with Crippen LogP contribution in [0.25, 0.3) is 0 Å². The summed E-state index contributed by atoms with van der Waals surface area (Å²) in [6, 6.07) is 9.48. The molecule has 0 spiro atoms. The van der Waals surface area contributed by atoms with Crippen LogP contribution in [-0.4, -0.2) is 16.1 Å². The molecule has 0 bridgehead atoms. The predicted molar refractivity (Wildman–Crippen MR) is 83.1 cm³/mol. The lowest BCUT2D eigenvalue weighted by Crippen LogP contribution is -2.11. The van der Waals surface area contributed by atoms with E-state index < -0.39 is 0 Å². The minimum absolute atomic E-state index is 0.0821. The molecular formula is C14H15BrN4O. The van der Waals surface area contributed by atoms with E-state index in [2.05, 4.69) is 36.8 Å². The molecule has 0 aliphatic carbocycles. The molecule has 104 valence electrons. The molecule has 0 saturated carbocycles. The molecule has 0 aliphatic rings. The quantitative estimate of drug-likeness (QED) is 0.895. The van der Waals surface area contributed by atoms with Crippen molar-refractivity contribution < 1.29 is 4.79 Å². The third kappa shape index (κ3) is 3.77. The van der Waals surface area contributed by atoms with Crippen LogP contribution in [0.3, 0.4) is 0 Å². The molecule has 2 aromatic rings. The van der Waals surface area contributed by atoms with Crippen molar-refractivity contribution >= 4 is 39.2 Å². The molecule has 0 fully saturated rings. The van der Waals surface area contributed by atoms with Gasteiger partial charge in [-0.2, -0.15) is 0 Å². The number of aryl methyl sites for hydroxylation is 1. The second-order valence-corrected chi connectivity index (χ2v) is 5.17. The number of benzene rings is 1. The van der Waals surface area contributed by atoms with Crippen LogP contribution in [0, 0.1) is 6.92 Å². The van der Waals surface area contributed by atoms with Crippen molar-refractivity contribution in [2.75, 3.05) is 10.6 Å². The fraction of sp³-hybridized carbons (Fsp3) is 0.214. The van der Waals surface area contributed by atoms with E-state index >= 15 is 0 Å². The largest absolute Gasteiger partial charge is 0.338 e. The molecular weight excluding hydrogens is 320 g/mol. The van der Waals surface area contributed by atoms with E-state index in [9.17, 15) is 4.79 Å². The summed E-state index contributed by atoms with van der Waals surface area (Å²) in [6.45, 7) is 3.81. The van der Waals surface area contributed by atoms with Gasteiger partial charge in [0.05, 0.1) is 5.69 Å². The number of rotatable bonds is 4. The first-order chi connectivity index (χ1) is 9.58. The lowest BCUT2D eigenvalue weighted by Gasteiger charge is -2.08. The molecule has 5 nitrogen and oxygen atoms in total. The minimum atomic E-state index is -0.0821. The molecule has 1 heterocycles. The Morgan fingerprint density at radius 3 is 2.50 bits per heavy atom. The van der Waals surface area contributed by atoms with Crippen LogP contribution in [0.4, 0.5) is 17.3 Å². The van der Waals surface area contributed by atoms with Gasteiger partial charge in [-0.15, -0.1) is 10.2 Å². The SMILES string of the molecule is CCC(=O)Nc1ccc(Nc2ccc(C)cc2Br)nn1. The third-order valence-corrected chi connectivity index (χ3v) is 3.30. The number of hydrogen-bond acceptors (Lipinski definition) is 4. The summed E-state index contributed by atoms with van der Waals surface area (Å²) in [5.74, 6) is 0.982. The highest BCUT2D eigenvalue weighted by atomic mass is 79.9. The maximum absolute atomic E-state index is 11.2. The molecule has 0 radical (unpaired) electrons. The van der Waals surface area contributed by atoms with E-state index in [0.717, 1.165) is 10.2 Å². The van der Waals surface area contributed by atoms with Gasteiger partial charge < -0.3 is 10.6 Å². The van der Waals surface area contributed by atoms with Crippen LogP contribution in [0.1, 0.15) is 18.9 Å². The number of halogens is 1. The number of hydrogen-bond donors (Lipinski definition) is 2. The average Bonchev–Trinajstić information content (AvgIpc) is 2.44. The summed E-state index contributed by atoms with van der Waals surface area (Å²) in [7, 11) is 0. The zero-order chi connectivity index (χ0) is 14.5. The highest BCUT2D eigenvalue weighted by Gasteiger charge is 2.04. The number of anilines is 3. The maximum atomic E-state index is 11.2. The Labute approximate surface area is 125 Å². The van der Waals surface area contributed by atoms with Gasteiger partial charge in [0.2, 0.25) is 5.91 Å². The molecule has 6 heteroatoms. The molecule has 1 aromatic heterocycles. The fourth-order valence-electron chi connectivity index (χ4n) is 1.56. The molecule has 20 heavy (non-hydrogen) atoms. The van der Waals surface area contributed by atoms with E-state index in [0.29, 0.717) is 18.1 Å². The normalized spacial score (nSPS) is 10.2. The van der Waals surface area contributed by atoms with E-state index in [4.69, 9.17) is 0 Å². The number of nitrogens with one attached hydrogen (secondary N) is 2. The Hall–Kier alpha value is -1.95. The molecule has 0 unspecified atom stereocenters. The van der Waals surface area contributed by atoms with Crippen LogP contribution in [0.15, 0.2) is 34.8 Å². The van der Waals surface area contributed by atoms with Gasteiger partial charge in [-0.25, -0.2) is 0 Å². The van der Waals surface area contributed by atoms with Crippen molar-refractivity contribution in [3.63, 3.8) is 0 Å². The molecule has 0 atom stereocenters. The first-order valence-corrected chi connectivity index (χ1v) is 7.04. The highest BCUT2D eigenvalue weighted by Crippen LogP contribution is 2.25. The maximum Gasteiger partial charge on any atom is 0.225 e. The van der Waals surface area contributed by atoms with Crippen molar-refractivity contribution in [3.8, 4) is 0 Å². The standard InChI is InChI=1S/C14H15BrN4O/c1-3-14(20)17-13-7-6-12(18-19-13)16-11-5-4-9(2)8-10(11)15/h4-8H,3H2,1-2H3,(H,16,18)(H,17,19,20). The van der Waals surface area contributed by atoms with Crippen molar-refractivity contribution in [1.29, 1.82) is 0 Å². The fourth-order valence-corrected chi connectivity index (χ4v) is 2.15. The predicted octanol–water partition coefficient (Wildman–Crippen LogP) is 3.64. The Morgan fingerprint density at radius 1 is 1.20 bits per heavy atom. The number of aromatic nitrogens is 2. The first kappa shape index (κ1) is 14.5. The van der Waals surface area contributed by atoms with Gasteiger partial charge in [-0.1, -0.05) is 13.0 Å². The van der Waals surface area contributed by atoms with Crippen LogP contribution in [0.5, 0.6) is 0 Å². The lowest BCUT2D eigenvalue weighted by molar-refractivity contribution is -0.115. The number of nitrogens with zero attached hydrogens (tertiary/aromatic N) is 2. The van der Waals surface area contributed by atoms with Crippen molar-refractivity contribution in [1.82, 2.24) is 10.2 Å². The molecule has 2 rings (SSSR count). The monoisotopic (exact) mass is 334 g/mol. The van der Waals surface area contributed by atoms with Crippen LogP contribution in [0.2, 0.25) is 0 Å². The third-order valence-electron chi connectivity index (χ3n) is 2.64. The molecule has 1 aromatic carbocycles. The molecule has 0 aliphatic heterocycles. The second-order valence-electron chi connectivity index (χ2n) is 4.31. The minimum Gasteiger partial charge on any atom is -0.338 e. The van der Waals surface area contributed by atoms with Gasteiger partial charge in [0.1, 0.15) is 0 Å². The van der Waals surface area contributed by atoms with Crippen LogP contribution in [-0.2, 0) is 4.79 Å². The van der Waals surface area contributed by atoms with Gasteiger partial charge >= 0.3 is 0 Å². The van der Waals surface area contributed by atoms with Crippen LogP contribution < -0.4 is 10.6 Å². The van der Waals surface area contributed by atoms with Gasteiger partial charge in [0.15, 0.2) is 11.6 Å². The van der Waals surface area contributed by atoms with Crippen molar-refractivity contribution in [2.45, 2.75) is 20.3 Å². The summed E-state index contributed by atoms with van der Waals surface area (Å²) in [5, 5.41) is 13.8. The van der Waals surface area contributed by atoms with E-state index in [1.54, 1.807) is 19.1 Å². The highest BCUT2D eigenvalue weighted by molar-refractivity contribution is 9.10. The van der Waals surface area contributed by atoms with Crippen molar-refractivity contribution in [2.24, 2.45) is 0 Å². The molecule has 1 amide bonds. The topological polar surface area (TPSA) is 66.9 Å². The zero-order valence-electron chi connectivity index (χ0n) is 11.3. The average molecular weight is 335 g/mol. The molecule has 2 N–H and O–H groups in total. The van der Waals surface area contributed by atoms with Gasteiger partial charge in [-0.05, 0) is 52.7 Å². The lowest BCUT2D eigenvalue weighted by atomic mass is 10.2. The van der Waals surface area contributed by atoms with Gasteiger partial charge in [-0.3, -0.25) is 4.79 Å². The van der Waals surface area contributed by atoms with Gasteiger partial charge in [0, 0.05) is 10.9 Å². The summed E-state index contributed by atoms with van der Waals surface area (Å²) in [4.78, 5) is 11.2. The van der Waals surface area contributed by atoms with E-state index in [1.165, 1.54) is 5.56 Å². The zero-order valence-corrected chi connectivity index (χ0v) is 12.9. The smallest absolute Gasteiger partial charge is 0.225 e. The number of amides is 1. The van der Waals surface area contributed by atoms with Crippen molar-refractivity contribution in [3.05, 3.63) is 40.4 Å². The van der Waals surface area contributed by atoms with E-state index in [-0.39, 0.29) is 5.91 Å². The second kappa shape index (κ2) is 6.47. The number of carbonyl (C=O) groups excluding carboxylic acids is 1. The van der Waals surface area contributed by atoms with Crippen LogP contribution >= 0.6 is 15.9 Å². The number of carbonyl (C=O) groups is 1. The summed E-state index contributed by atoms with van der Waals surface area (Å²) < 4.78 is 0.961. The van der Waals surface area contributed by atoms with Gasteiger partial charge in [0.25, 0.3) is 0 Å².